The molecule has 4 rings (SSSR count). The molecule has 0 radical (unpaired) electrons. The van der Waals surface area contributed by atoms with Gasteiger partial charge >= 0.3 is 0 Å². The number of nitrogens with one attached hydrogen (secondary N) is 1. The van der Waals surface area contributed by atoms with Crippen LogP contribution in [0.5, 0.6) is 11.5 Å². The molecule has 1 aliphatic rings. The van der Waals surface area contributed by atoms with Crippen molar-refractivity contribution in [1.29, 1.82) is 0 Å². The van der Waals surface area contributed by atoms with Gasteiger partial charge in [-0.1, -0.05) is 18.2 Å². The Hall–Kier alpha value is -3.61. The Bertz CT molecular complexity index is 1150. The average Bonchev–Trinajstić information content (AvgIpc) is 2.88. The standard InChI is InChI=1S/C27H32N4O3/c1-18-7-9-21(14-19(18)2)23-10-12-26(30-29-23)31-13-5-6-22(17-31)27(32)28-16-20-8-11-24(33-3)25(15-20)34-4/h7-12,14-15,22H,5-6,13,16-17H2,1-4H3,(H,28,32). The first-order chi connectivity index (χ1) is 16.5. The van der Waals surface area contributed by atoms with Gasteiger partial charge in [-0.25, -0.2) is 0 Å². The summed E-state index contributed by atoms with van der Waals surface area (Å²) < 4.78 is 10.6. The number of piperidine rings is 1. The van der Waals surface area contributed by atoms with Gasteiger partial charge in [-0.15, -0.1) is 10.2 Å². The number of aryl methyl sites for hydroxylation is 2. The third-order valence-electron chi connectivity index (χ3n) is 6.48. The minimum Gasteiger partial charge on any atom is -0.493 e. The minimum absolute atomic E-state index is 0.0548. The summed E-state index contributed by atoms with van der Waals surface area (Å²) in [6, 6.07) is 16.0. The van der Waals surface area contributed by atoms with Crippen molar-refractivity contribution < 1.29 is 14.3 Å². The molecule has 7 heteroatoms. The van der Waals surface area contributed by atoms with E-state index in [4.69, 9.17) is 9.47 Å². The maximum Gasteiger partial charge on any atom is 0.225 e. The Morgan fingerprint density at radius 3 is 2.53 bits per heavy atom. The Morgan fingerprint density at radius 2 is 1.82 bits per heavy atom. The van der Waals surface area contributed by atoms with E-state index in [1.165, 1.54) is 11.1 Å². The molecule has 1 unspecified atom stereocenters. The molecule has 1 aliphatic heterocycles. The lowest BCUT2D eigenvalue weighted by atomic mass is 9.97. The highest BCUT2D eigenvalue weighted by Crippen LogP contribution is 2.28. The van der Waals surface area contributed by atoms with Crippen LogP contribution in [0.2, 0.25) is 0 Å². The molecule has 1 N–H and O–H groups in total. The van der Waals surface area contributed by atoms with E-state index < -0.39 is 0 Å². The molecular formula is C27H32N4O3. The number of carbonyl (C=O) groups is 1. The fourth-order valence-corrected chi connectivity index (χ4v) is 4.27. The SMILES string of the molecule is COc1ccc(CNC(=O)C2CCCN(c3ccc(-c4ccc(C)c(C)c4)nn3)C2)cc1OC. The maximum atomic E-state index is 12.9. The second-order valence-electron chi connectivity index (χ2n) is 8.77. The Morgan fingerprint density at radius 1 is 1.00 bits per heavy atom. The minimum atomic E-state index is -0.0879. The highest BCUT2D eigenvalue weighted by molar-refractivity contribution is 5.79. The number of aromatic nitrogens is 2. The first-order valence-corrected chi connectivity index (χ1v) is 11.6. The Balaban J connectivity index is 1.37. The highest BCUT2D eigenvalue weighted by Gasteiger charge is 2.26. The second-order valence-corrected chi connectivity index (χ2v) is 8.77. The number of carbonyl (C=O) groups excluding carboxylic acids is 1. The normalized spacial score (nSPS) is 15.6. The van der Waals surface area contributed by atoms with Crippen LogP contribution in [0.1, 0.15) is 29.5 Å². The molecule has 1 saturated heterocycles. The van der Waals surface area contributed by atoms with Crippen LogP contribution in [0.3, 0.4) is 0 Å². The first-order valence-electron chi connectivity index (χ1n) is 11.6. The van der Waals surface area contributed by atoms with Crippen LogP contribution >= 0.6 is 0 Å². The number of benzene rings is 2. The number of hydrogen-bond acceptors (Lipinski definition) is 6. The van der Waals surface area contributed by atoms with Crippen molar-refractivity contribution in [2.45, 2.75) is 33.2 Å². The van der Waals surface area contributed by atoms with Gasteiger partial charge in [0.05, 0.1) is 25.8 Å². The zero-order valence-electron chi connectivity index (χ0n) is 20.3. The second kappa shape index (κ2) is 10.5. The summed E-state index contributed by atoms with van der Waals surface area (Å²) in [6.07, 6.45) is 1.80. The zero-order chi connectivity index (χ0) is 24.1. The van der Waals surface area contributed by atoms with E-state index in [0.29, 0.717) is 24.6 Å². The molecular weight excluding hydrogens is 428 g/mol. The molecule has 0 aliphatic carbocycles. The van der Waals surface area contributed by atoms with E-state index in [2.05, 4.69) is 52.5 Å². The number of methoxy groups -OCH3 is 2. The lowest BCUT2D eigenvalue weighted by molar-refractivity contribution is -0.125. The smallest absolute Gasteiger partial charge is 0.225 e. The number of hydrogen-bond donors (Lipinski definition) is 1. The average molecular weight is 461 g/mol. The third-order valence-corrected chi connectivity index (χ3v) is 6.48. The quantitative estimate of drug-likeness (QED) is 0.566. The predicted molar refractivity (Wildman–Crippen MR) is 133 cm³/mol. The lowest BCUT2D eigenvalue weighted by Crippen LogP contribution is -2.43. The van der Waals surface area contributed by atoms with E-state index in [-0.39, 0.29) is 11.8 Å². The van der Waals surface area contributed by atoms with Crippen molar-refractivity contribution in [3.05, 3.63) is 65.2 Å². The molecule has 2 heterocycles. The molecule has 0 bridgehead atoms. The molecule has 7 nitrogen and oxygen atoms in total. The van der Waals surface area contributed by atoms with Gasteiger partial charge in [-0.3, -0.25) is 4.79 Å². The van der Waals surface area contributed by atoms with Crippen LogP contribution in [-0.2, 0) is 11.3 Å². The molecule has 1 aromatic heterocycles. The number of ether oxygens (including phenoxy) is 2. The molecule has 0 saturated carbocycles. The molecule has 178 valence electrons. The summed E-state index contributed by atoms with van der Waals surface area (Å²) in [4.78, 5) is 15.0. The number of amides is 1. The fourth-order valence-electron chi connectivity index (χ4n) is 4.27. The topological polar surface area (TPSA) is 76.6 Å². The van der Waals surface area contributed by atoms with Gasteiger partial charge in [0.2, 0.25) is 5.91 Å². The molecule has 34 heavy (non-hydrogen) atoms. The fraction of sp³-hybridized carbons (Fsp3) is 0.370. The predicted octanol–water partition coefficient (Wildman–Crippen LogP) is 4.31. The molecule has 1 atom stereocenters. The van der Waals surface area contributed by atoms with Gasteiger partial charge in [0.15, 0.2) is 17.3 Å². The Kier molecular flexibility index (Phi) is 7.30. The summed E-state index contributed by atoms with van der Waals surface area (Å²) in [7, 11) is 3.21. The number of rotatable bonds is 7. The molecule has 0 spiro atoms. The van der Waals surface area contributed by atoms with E-state index in [1.54, 1.807) is 14.2 Å². The van der Waals surface area contributed by atoms with Crippen LogP contribution in [0.25, 0.3) is 11.3 Å². The summed E-state index contributed by atoms with van der Waals surface area (Å²) in [5, 5.41) is 12.0. The zero-order valence-corrected chi connectivity index (χ0v) is 20.3. The number of anilines is 1. The van der Waals surface area contributed by atoms with Crippen molar-refractivity contribution in [3.63, 3.8) is 0 Å². The van der Waals surface area contributed by atoms with Gasteiger partial charge in [0, 0.05) is 25.2 Å². The van der Waals surface area contributed by atoms with Crippen LogP contribution < -0.4 is 19.7 Å². The monoisotopic (exact) mass is 460 g/mol. The summed E-state index contributed by atoms with van der Waals surface area (Å²) >= 11 is 0. The van der Waals surface area contributed by atoms with Gasteiger partial charge in [0.1, 0.15) is 0 Å². The van der Waals surface area contributed by atoms with Gasteiger partial charge in [-0.2, -0.15) is 0 Å². The molecule has 3 aromatic rings. The largest absolute Gasteiger partial charge is 0.493 e. The maximum absolute atomic E-state index is 12.9. The van der Waals surface area contributed by atoms with Crippen molar-refractivity contribution in [1.82, 2.24) is 15.5 Å². The van der Waals surface area contributed by atoms with Crippen molar-refractivity contribution in [3.8, 4) is 22.8 Å². The van der Waals surface area contributed by atoms with E-state index >= 15 is 0 Å². The van der Waals surface area contributed by atoms with Crippen molar-refractivity contribution in [2.24, 2.45) is 5.92 Å². The van der Waals surface area contributed by atoms with Crippen molar-refractivity contribution in [2.75, 3.05) is 32.2 Å². The summed E-state index contributed by atoms with van der Waals surface area (Å²) in [6.45, 7) is 6.15. The molecule has 1 amide bonds. The van der Waals surface area contributed by atoms with Gasteiger partial charge < -0.3 is 19.7 Å². The van der Waals surface area contributed by atoms with Gasteiger partial charge in [-0.05, 0) is 73.7 Å². The first kappa shape index (κ1) is 23.5. The Labute approximate surface area is 201 Å². The summed E-state index contributed by atoms with van der Waals surface area (Å²) in [5.74, 6) is 2.10. The molecule has 2 aromatic carbocycles. The van der Waals surface area contributed by atoms with E-state index in [9.17, 15) is 4.79 Å². The highest BCUT2D eigenvalue weighted by atomic mass is 16.5. The lowest BCUT2D eigenvalue weighted by Gasteiger charge is -2.32. The van der Waals surface area contributed by atoms with Crippen LogP contribution in [0.4, 0.5) is 5.82 Å². The number of nitrogens with zero attached hydrogens (tertiary/aromatic N) is 3. The van der Waals surface area contributed by atoms with Crippen molar-refractivity contribution >= 4 is 11.7 Å². The third kappa shape index (κ3) is 5.30. The van der Waals surface area contributed by atoms with Crippen LogP contribution in [0, 0.1) is 19.8 Å². The van der Waals surface area contributed by atoms with Crippen LogP contribution in [-0.4, -0.2) is 43.4 Å². The van der Waals surface area contributed by atoms with E-state index in [1.807, 2.05) is 30.3 Å². The van der Waals surface area contributed by atoms with E-state index in [0.717, 1.165) is 42.0 Å². The van der Waals surface area contributed by atoms with Crippen LogP contribution in [0.15, 0.2) is 48.5 Å². The van der Waals surface area contributed by atoms with Gasteiger partial charge in [0.25, 0.3) is 0 Å². The summed E-state index contributed by atoms with van der Waals surface area (Å²) in [5.41, 5.74) is 5.38. The molecule has 1 fully saturated rings.